The summed E-state index contributed by atoms with van der Waals surface area (Å²) < 4.78 is 0. The number of nitrogens with two attached hydrogens (primary N) is 1. The van der Waals surface area contributed by atoms with Crippen LogP contribution in [0.5, 0.6) is 0 Å². The number of fused-ring (bicyclic) bond motifs is 1. The summed E-state index contributed by atoms with van der Waals surface area (Å²) in [5.41, 5.74) is 7.91. The van der Waals surface area contributed by atoms with Gasteiger partial charge < -0.3 is 16.0 Å². The third kappa shape index (κ3) is 3.10. The van der Waals surface area contributed by atoms with E-state index < -0.39 is 0 Å². The maximum atomic E-state index is 12.3. The zero-order valence-electron chi connectivity index (χ0n) is 12.3. The number of benzene rings is 1. The molecule has 0 bridgehead atoms. The molecule has 3 rings (SSSR count). The summed E-state index contributed by atoms with van der Waals surface area (Å²) in [4.78, 5) is 15.5. The lowest BCUT2D eigenvalue weighted by atomic mass is 9.71. The Labute approximate surface area is 125 Å². The number of aromatic nitrogens is 1. The Balaban J connectivity index is 1.67. The van der Waals surface area contributed by atoms with E-state index in [1.807, 2.05) is 30.5 Å². The molecule has 1 aliphatic carbocycles. The number of rotatable bonds is 4. The number of carbonyl (C=O) groups excluding carboxylic acids is 1. The van der Waals surface area contributed by atoms with E-state index in [9.17, 15) is 4.79 Å². The van der Waals surface area contributed by atoms with Crippen molar-refractivity contribution in [1.82, 2.24) is 4.98 Å². The first-order valence-corrected chi connectivity index (χ1v) is 7.78. The molecule has 1 heterocycles. The Morgan fingerprint density at radius 2 is 2.05 bits per heavy atom. The van der Waals surface area contributed by atoms with Gasteiger partial charge in [0.1, 0.15) is 0 Å². The van der Waals surface area contributed by atoms with Crippen LogP contribution in [0, 0.1) is 5.41 Å². The second-order valence-corrected chi connectivity index (χ2v) is 6.27. The maximum Gasteiger partial charge on any atom is 0.224 e. The minimum atomic E-state index is 0.0144. The van der Waals surface area contributed by atoms with Gasteiger partial charge in [0, 0.05) is 29.2 Å². The number of anilines is 1. The SMILES string of the molecule is NCC1(CC(=O)Nc2ccc3[nH]ccc3c2)CCCCC1. The van der Waals surface area contributed by atoms with Gasteiger partial charge in [-0.15, -0.1) is 0 Å². The molecular formula is C17H23N3O. The zero-order valence-corrected chi connectivity index (χ0v) is 12.3. The van der Waals surface area contributed by atoms with Crippen molar-refractivity contribution >= 4 is 22.5 Å². The van der Waals surface area contributed by atoms with Crippen LogP contribution in [0.15, 0.2) is 30.5 Å². The van der Waals surface area contributed by atoms with Crippen LogP contribution in [0.3, 0.4) is 0 Å². The fourth-order valence-corrected chi connectivity index (χ4v) is 3.43. The van der Waals surface area contributed by atoms with Crippen molar-refractivity contribution in [2.75, 3.05) is 11.9 Å². The molecule has 1 aliphatic rings. The van der Waals surface area contributed by atoms with E-state index in [0.29, 0.717) is 13.0 Å². The summed E-state index contributed by atoms with van der Waals surface area (Å²) >= 11 is 0. The summed E-state index contributed by atoms with van der Waals surface area (Å²) in [6.07, 6.45) is 8.25. The molecule has 0 spiro atoms. The van der Waals surface area contributed by atoms with Gasteiger partial charge in [-0.3, -0.25) is 4.79 Å². The highest BCUT2D eigenvalue weighted by Crippen LogP contribution is 2.38. The fourth-order valence-electron chi connectivity index (χ4n) is 3.43. The van der Waals surface area contributed by atoms with Crippen LogP contribution >= 0.6 is 0 Å². The van der Waals surface area contributed by atoms with E-state index in [1.54, 1.807) is 0 Å². The third-order valence-electron chi connectivity index (χ3n) is 4.72. The number of carbonyl (C=O) groups is 1. The van der Waals surface area contributed by atoms with Gasteiger partial charge in [0.2, 0.25) is 5.91 Å². The first-order valence-electron chi connectivity index (χ1n) is 7.78. The molecular weight excluding hydrogens is 262 g/mol. The molecule has 0 unspecified atom stereocenters. The van der Waals surface area contributed by atoms with Gasteiger partial charge in [-0.1, -0.05) is 19.3 Å². The van der Waals surface area contributed by atoms with Crippen LogP contribution in [0.25, 0.3) is 10.9 Å². The van der Waals surface area contributed by atoms with Crippen molar-refractivity contribution in [3.8, 4) is 0 Å². The van der Waals surface area contributed by atoms with E-state index >= 15 is 0 Å². The summed E-state index contributed by atoms with van der Waals surface area (Å²) in [5, 5.41) is 4.13. The first kappa shape index (κ1) is 14.1. The Bertz CT molecular complexity index is 626. The number of aromatic amines is 1. The van der Waals surface area contributed by atoms with Gasteiger partial charge in [0.25, 0.3) is 0 Å². The molecule has 21 heavy (non-hydrogen) atoms. The molecule has 112 valence electrons. The Morgan fingerprint density at radius 3 is 2.81 bits per heavy atom. The van der Waals surface area contributed by atoms with E-state index in [4.69, 9.17) is 5.73 Å². The lowest BCUT2D eigenvalue weighted by molar-refractivity contribution is -0.118. The topological polar surface area (TPSA) is 70.9 Å². The molecule has 4 N–H and O–H groups in total. The quantitative estimate of drug-likeness (QED) is 0.805. The molecule has 0 radical (unpaired) electrons. The minimum absolute atomic E-state index is 0.0144. The summed E-state index contributed by atoms with van der Waals surface area (Å²) in [6.45, 7) is 0.608. The van der Waals surface area contributed by atoms with Gasteiger partial charge in [-0.05, 0) is 49.1 Å². The van der Waals surface area contributed by atoms with Crippen molar-refractivity contribution in [2.24, 2.45) is 11.1 Å². The molecule has 1 aromatic carbocycles. The average molecular weight is 285 g/mol. The number of nitrogens with one attached hydrogen (secondary N) is 2. The van der Waals surface area contributed by atoms with Crippen LogP contribution < -0.4 is 11.1 Å². The van der Waals surface area contributed by atoms with Crippen molar-refractivity contribution < 1.29 is 4.79 Å². The molecule has 2 aromatic rings. The van der Waals surface area contributed by atoms with E-state index in [-0.39, 0.29) is 11.3 Å². The van der Waals surface area contributed by atoms with Crippen LogP contribution in [0.1, 0.15) is 38.5 Å². The number of H-pyrrole nitrogens is 1. The lowest BCUT2D eigenvalue weighted by Crippen LogP contribution is -2.36. The molecule has 1 amide bonds. The zero-order chi connectivity index (χ0) is 14.7. The third-order valence-corrected chi connectivity index (χ3v) is 4.72. The molecule has 1 saturated carbocycles. The van der Waals surface area contributed by atoms with E-state index in [2.05, 4.69) is 10.3 Å². The Morgan fingerprint density at radius 1 is 1.24 bits per heavy atom. The second-order valence-electron chi connectivity index (χ2n) is 6.27. The van der Waals surface area contributed by atoms with Gasteiger partial charge in [0.05, 0.1) is 0 Å². The number of hydrogen-bond acceptors (Lipinski definition) is 2. The first-order chi connectivity index (χ1) is 10.2. The van der Waals surface area contributed by atoms with Crippen LogP contribution in [0.4, 0.5) is 5.69 Å². The Kier molecular flexibility index (Phi) is 3.97. The monoisotopic (exact) mass is 285 g/mol. The average Bonchev–Trinajstić information content (AvgIpc) is 2.95. The van der Waals surface area contributed by atoms with Crippen molar-refractivity contribution in [3.63, 3.8) is 0 Å². The molecule has 1 aromatic heterocycles. The van der Waals surface area contributed by atoms with Crippen LogP contribution in [-0.2, 0) is 4.79 Å². The number of amides is 1. The number of hydrogen-bond donors (Lipinski definition) is 3. The molecule has 0 saturated heterocycles. The van der Waals surface area contributed by atoms with E-state index in [1.165, 1.54) is 19.3 Å². The summed E-state index contributed by atoms with van der Waals surface area (Å²) in [6, 6.07) is 7.93. The molecule has 4 nitrogen and oxygen atoms in total. The fraction of sp³-hybridized carbons (Fsp3) is 0.471. The smallest absolute Gasteiger partial charge is 0.224 e. The molecule has 1 fully saturated rings. The standard InChI is InChI=1S/C17H23N3O/c18-12-17(7-2-1-3-8-17)11-16(21)20-14-4-5-15-13(10-14)6-9-19-15/h4-6,9-10,19H,1-3,7-8,11-12,18H2,(H,20,21). The van der Waals surface area contributed by atoms with Crippen LogP contribution in [-0.4, -0.2) is 17.4 Å². The predicted molar refractivity (Wildman–Crippen MR) is 86.1 cm³/mol. The normalized spacial score (nSPS) is 17.8. The van der Waals surface area contributed by atoms with Crippen LogP contribution in [0.2, 0.25) is 0 Å². The predicted octanol–water partition coefficient (Wildman–Crippen LogP) is 3.41. The van der Waals surface area contributed by atoms with Gasteiger partial charge in [-0.25, -0.2) is 0 Å². The second kappa shape index (κ2) is 5.90. The largest absolute Gasteiger partial charge is 0.361 e. The molecule has 4 heteroatoms. The summed E-state index contributed by atoms with van der Waals surface area (Å²) in [5.74, 6) is 0.0808. The van der Waals surface area contributed by atoms with Crippen molar-refractivity contribution in [1.29, 1.82) is 0 Å². The molecule has 0 aliphatic heterocycles. The van der Waals surface area contributed by atoms with Gasteiger partial charge in [0.15, 0.2) is 0 Å². The Hall–Kier alpha value is -1.81. The lowest BCUT2D eigenvalue weighted by Gasteiger charge is -2.35. The maximum absolute atomic E-state index is 12.3. The minimum Gasteiger partial charge on any atom is -0.361 e. The molecule has 0 atom stereocenters. The highest BCUT2D eigenvalue weighted by Gasteiger charge is 2.32. The summed E-state index contributed by atoms with van der Waals surface area (Å²) in [7, 11) is 0. The van der Waals surface area contributed by atoms with Gasteiger partial charge >= 0.3 is 0 Å². The highest BCUT2D eigenvalue weighted by atomic mass is 16.1. The van der Waals surface area contributed by atoms with Crippen molar-refractivity contribution in [2.45, 2.75) is 38.5 Å². The highest BCUT2D eigenvalue weighted by molar-refractivity contribution is 5.94. The van der Waals surface area contributed by atoms with Crippen molar-refractivity contribution in [3.05, 3.63) is 30.5 Å². The van der Waals surface area contributed by atoms with Gasteiger partial charge in [-0.2, -0.15) is 0 Å². The van der Waals surface area contributed by atoms with E-state index in [0.717, 1.165) is 29.4 Å².